The lowest BCUT2D eigenvalue weighted by Crippen LogP contribution is -2.25. The SMILES string of the molecule is C=CCN1C(=O)/C(=C\c2cc(C)n(-c3ccccc3C(=O)OC)c2C)C(C(=O)OC)=C1C. The van der Waals surface area contributed by atoms with Gasteiger partial charge in [0.05, 0.1) is 36.6 Å². The summed E-state index contributed by atoms with van der Waals surface area (Å²) in [4.78, 5) is 39.3. The fourth-order valence-electron chi connectivity index (χ4n) is 3.99. The third kappa shape index (κ3) is 3.77. The van der Waals surface area contributed by atoms with E-state index in [1.54, 1.807) is 31.2 Å². The lowest BCUT2D eigenvalue weighted by molar-refractivity contribution is -0.136. The number of aromatic nitrogens is 1. The van der Waals surface area contributed by atoms with Crippen molar-refractivity contribution in [2.75, 3.05) is 20.8 Å². The van der Waals surface area contributed by atoms with Gasteiger partial charge in [-0.3, -0.25) is 4.79 Å². The summed E-state index contributed by atoms with van der Waals surface area (Å²) in [5, 5.41) is 0. The van der Waals surface area contributed by atoms with Crippen molar-refractivity contribution in [3.05, 3.63) is 82.3 Å². The molecule has 0 atom stereocenters. The highest BCUT2D eigenvalue weighted by atomic mass is 16.5. The number of hydrogen-bond acceptors (Lipinski definition) is 5. The molecule has 2 aromatic rings. The molecular weight excluding hydrogens is 408 g/mol. The summed E-state index contributed by atoms with van der Waals surface area (Å²) in [6.07, 6.45) is 3.30. The smallest absolute Gasteiger partial charge is 0.340 e. The Bertz CT molecular complexity index is 1180. The zero-order valence-corrected chi connectivity index (χ0v) is 18.9. The maximum Gasteiger partial charge on any atom is 0.340 e. The van der Waals surface area contributed by atoms with Crippen LogP contribution >= 0.6 is 0 Å². The van der Waals surface area contributed by atoms with Crippen LogP contribution in [0.5, 0.6) is 0 Å². The number of allylic oxidation sites excluding steroid dienone is 1. The van der Waals surface area contributed by atoms with Gasteiger partial charge >= 0.3 is 11.9 Å². The number of carbonyl (C=O) groups is 3. The number of ether oxygens (including phenoxy) is 2. The second kappa shape index (κ2) is 9.09. The number of aryl methyl sites for hydroxylation is 1. The Morgan fingerprint density at radius 2 is 1.72 bits per heavy atom. The summed E-state index contributed by atoms with van der Waals surface area (Å²) in [7, 11) is 2.63. The molecule has 0 aliphatic carbocycles. The fraction of sp³-hybridized carbons (Fsp3) is 0.240. The van der Waals surface area contributed by atoms with Crippen LogP contribution in [-0.4, -0.2) is 48.1 Å². The van der Waals surface area contributed by atoms with Crippen LogP contribution in [0.1, 0.15) is 34.2 Å². The first-order valence-electron chi connectivity index (χ1n) is 10.1. The van der Waals surface area contributed by atoms with Gasteiger partial charge in [0.25, 0.3) is 5.91 Å². The lowest BCUT2D eigenvalue weighted by Gasteiger charge is -2.14. The monoisotopic (exact) mass is 434 g/mol. The Kier molecular flexibility index (Phi) is 6.48. The van der Waals surface area contributed by atoms with Crippen LogP contribution in [0.3, 0.4) is 0 Å². The first kappa shape index (κ1) is 22.8. The largest absolute Gasteiger partial charge is 0.465 e. The van der Waals surface area contributed by atoms with Crippen molar-refractivity contribution in [2.45, 2.75) is 20.8 Å². The summed E-state index contributed by atoms with van der Waals surface area (Å²) in [6.45, 7) is 9.49. The molecule has 1 aliphatic rings. The summed E-state index contributed by atoms with van der Waals surface area (Å²) in [5.41, 5.74) is 4.54. The molecule has 0 saturated heterocycles. The molecule has 32 heavy (non-hydrogen) atoms. The van der Waals surface area contributed by atoms with E-state index in [9.17, 15) is 14.4 Å². The maximum atomic E-state index is 13.1. The number of amides is 1. The van der Waals surface area contributed by atoms with Crippen molar-refractivity contribution < 1.29 is 23.9 Å². The molecule has 0 spiro atoms. The van der Waals surface area contributed by atoms with Gasteiger partial charge in [0.2, 0.25) is 0 Å². The van der Waals surface area contributed by atoms with E-state index in [-0.39, 0.29) is 23.6 Å². The molecule has 0 fully saturated rings. The van der Waals surface area contributed by atoms with Crippen LogP contribution in [0.15, 0.2) is 59.8 Å². The number of benzene rings is 1. The van der Waals surface area contributed by atoms with E-state index >= 15 is 0 Å². The average molecular weight is 434 g/mol. The van der Waals surface area contributed by atoms with Gasteiger partial charge in [-0.1, -0.05) is 18.2 Å². The standard InChI is InChI=1S/C25H26N2O5/c1-7-12-26-17(4)22(25(30)32-6)20(23(26)28)14-18-13-15(2)27(16(18)3)21-11-9-8-10-19(21)24(29)31-5/h7-11,13-14H,1,12H2,2-6H3/b20-14-. The Labute approximate surface area is 187 Å². The Hall–Kier alpha value is -3.87. The number of rotatable bonds is 6. The molecule has 7 heteroatoms. The Morgan fingerprint density at radius 3 is 2.34 bits per heavy atom. The number of esters is 2. The highest BCUT2D eigenvalue weighted by molar-refractivity contribution is 6.16. The van der Waals surface area contributed by atoms with Gasteiger partial charge in [0.15, 0.2) is 0 Å². The third-order valence-electron chi connectivity index (χ3n) is 5.53. The molecule has 0 saturated carbocycles. The molecular formula is C25H26N2O5. The molecule has 166 valence electrons. The highest BCUT2D eigenvalue weighted by Crippen LogP contribution is 2.33. The van der Waals surface area contributed by atoms with E-state index in [0.717, 1.165) is 17.0 Å². The zero-order chi connectivity index (χ0) is 23.6. The molecule has 1 aromatic heterocycles. The Morgan fingerprint density at radius 1 is 1.06 bits per heavy atom. The van der Waals surface area contributed by atoms with Gasteiger partial charge < -0.3 is 18.9 Å². The van der Waals surface area contributed by atoms with E-state index in [1.165, 1.54) is 19.1 Å². The molecule has 0 radical (unpaired) electrons. The van der Waals surface area contributed by atoms with Gasteiger partial charge in [-0.15, -0.1) is 6.58 Å². The summed E-state index contributed by atoms with van der Waals surface area (Å²) in [6, 6.07) is 9.05. The third-order valence-corrected chi connectivity index (χ3v) is 5.53. The van der Waals surface area contributed by atoms with Gasteiger partial charge in [0, 0.05) is 23.6 Å². The van der Waals surface area contributed by atoms with Crippen molar-refractivity contribution in [3.63, 3.8) is 0 Å². The van der Waals surface area contributed by atoms with Gasteiger partial charge in [0.1, 0.15) is 0 Å². The second-order valence-electron chi connectivity index (χ2n) is 7.39. The van der Waals surface area contributed by atoms with E-state index in [2.05, 4.69) is 6.58 Å². The number of para-hydroxylation sites is 1. The van der Waals surface area contributed by atoms with Crippen LogP contribution in [0.25, 0.3) is 11.8 Å². The Balaban J connectivity index is 2.18. The number of methoxy groups -OCH3 is 2. The minimum absolute atomic E-state index is 0.235. The van der Waals surface area contributed by atoms with E-state index < -0.39 is 11.9 Å². The zero-order valence-electron chi connectivity index (χ0n) is 18.9. The van der Waals surface area contributed by atoms with Crippen molar-refractivity contribution in [3.8, 4) is 5.69 Å². The number of carbonyl (C=O) groups excluding carboxylic acids is 3. The number of nitrogens with zero attached hydrogens (tertiary/aromatic N) is 2. The molecule has 3 rings (SSSR count). The molecule has 7 nitrogen and oxygen atoms in total. The van der Waals surface area contributed by atoms with Gasteiger partial charge in [-0.25, -0.2) is 9.59 Å². The highest BCUT2D eigenvalue weighted by Gasteiger charge is 2.36. The average Bonchev–Trinajstić information content (AvgIpc) is 3.20. The first-order valence-corrected chi connectivity index (χ1v) is 10.1. The van der Waals surface area contributed by atoms with Crippen LogP contribution in [0.4, 0.5) is 0 Å². The van der Waals surface area contributed by atoms with E-state index in [1.807, 2.05) is 36.6 Å². The van der Waals surface area contributed by atoms with Crippen molar-refractivity contribution in [1.29, 1.82) is 0 Å². The molecule has 1 aliphatic heterocycles. The van der Waals surface area contributed by atoms with Crippen molar-refractivity contribution >= 4 is 23.9 Å². The lowest BCUT2D eigenvalue weighted by atomic mass is 10.0. The predicted octanol–water partition coefficient (Wildman–Crippen LogP) is 3.74. The molecule has 2 heterocycles. The van der Waals surface area contributed by atoms with Crippen LogP contribution < -0.4 is 0 Å². The molecule has 0 bridgehead atoms. The van der Waals surface area contributed by atoms with E-state index in [0.29, 0.717) is 16.9 Å². The minimum Gasteiger partial charge on any atom is -0.465 e. The van der Waals surface area contributed by atoms with Crippen LogP contribution in [-0.2, 0) is 19.1 Å². The first-order chi connectivity index (χ1) is 15.3. The van der Waals surface area contributed by atoms with Gasteiger partial charge in [-0.05, 0) is 50.6 Å². The number of hydrogen-bond donors (Lipinski definition) is 0. The minimum atomic E-state index is -0.571. The maximum absolute atomic E-state index is 13.1. The summed E-state index contributed by atoms with van der Waals surface area (Å²) in [5.74, 6) is -1.30. The molecule has 0 unspecified atom stereocenters. The topological polar surface area (TPSA) is 77.8 Å². The van der Waals surface area contributed by atoms with Crippen molar-refractivity contribution in [2.24, 2.45) is 0 Å². The normalized spacial score (nSPS) is 14.8. The van der Waals surface area contributed by atoms with Crippen molar-refractivity contribution in [1.82, 2.24) is 9.47 Å². The molecule has 0 N–H and O–H groups in total. The van der Waals surface area contributed by atoms with E-state index in [4.69, 9.17) is 9.47 Å². The quantitative estimate of drug-likeness (QED) is 0.393. The molecule has 1 amide bonds. The van der Waals surface area contributed by atoms with Gasteiger partial charge in [-0.2, -0.15) is 0 Å². The predicted molar refractivity (Wildman–Crippen MR) is 121 cm³/mol. The second-order valence-corrected chi connectivity index (χ2v) is 7.39. The fourth-order valence-corrected chi connectivity index (χ4v) is 3.99. The molecule has 1 aromatic carbocycles. The van der Waals surface area contributed by atoms with Crippen LogP contribution in [0.2, 0.25) is 0 Å². The summed E-state index contributed by atoms with van der Waals surface area (Å²) < 4.78 is 11.8. The summed E-state index contributed by atoms with van der Waals surface area (Å²) >= 11 is 0. The van der Waals surface area contributed by atoms with Crippen LogP contribution in [0, 0.1) is 13.8 Å².